The third-order valence-corrected chi connectivity index (χ3v) is 17.7. The summed E-state index contributed by atoms with van der Waals surface area (Å²) in [6.45, 7) is 14.2. The SMILES string of the molecule is C[Si](C)(C)c1ccc(-c2cccc([Si](c3ccccc3)(c3ccccc3)c3cccc(-c4ccc([Si](C)(C)C)cn4)c3)c2)nc1. The molecule has 0 radical (unpaired) electrons. The fourth-order valence-corrected chi connectivity index (χ4v) is 13.1. The van der Waals surface area contributed by atoms with Crippen molar-refractivity contribution in [2.45, 2.75) is 39.3 Å². The molecule has 0 amide bonds. The van der Waals surface area contributed by atoms with Crippen molar-refractivity contribution in [3.63, 3.8) is 0 Å². The van der Waals surface area contributed by atoms with Gasteiger partial charge in [0.25, 0.3) is 0 Å². The van der Waals surface area contributed by atoms with Gasteiger partial charge in [-0.1, -0.05) is 161 Å². The number of hydrogen-bond acceptors (Lipinski definition) is 2. The Balaban J connectivity index is 1.58. The van der Waals surface area contributed by atoms with Gasteiger partial charge < -0.3 is 0 Å². The Morgan fingerprint density at radius 3 is 1.07 bits per heavy atom. The fourth-order valence-electron chi connectivity index (χ4n) is 6.22. The number of benzene rings is 4. The molecule has 0 unspecified atom stereocenters. The Labute approximate surface area is 271 Å². The monoisotopic (exact) mass is 634 g/mol. The second-order valence-electron chi connectivity index (χ2n) is 14.0. The molecule has 0 saturated heterocycles. The molecule has 0 aliphatic carbocycles. The van der Waals surface area contributed by atoms with Crippen LogP contribution in [0.1, 0.15) is 0 Å². The molecular formula is C40H42N2Si3. The second kappa shape index (κ2) is 12.3. The quantitative estimate of drug-likeness (QED) is 0.146. The van der Waals surface area contributed by atoms with E-state index in [4.69, 9.17) is 9.97 Å². The number of rotatable bonds is 8. The van der Waals surface area contributed by atoms with Crippen molar-refractivity contribution in [2.75, 3.05) is 0 Å². The summed E-state index contributed by atoms with van der Waals surface area (Å²) < 4.78 is 0. The normalized spacial score (nSPS) is 12.2. The lowest BCUT2D eigenvalue weighted by Crippen LogP contribution is -2.74. The molecular weight excluding hydrogens is 593 g/mol. The first-order chi connectivity index (χ1) is 21.6. The van der Waals surface area contributed by atoms with Gasteiger partial charge in [-0.05, 0) is 43.3 Å². The molecule has 4 aromatic carbocycles. The summed E-state index contributed by atoms with van der Waals surface area (Å²) in [6.07, 6.45) is 4.19. The van der Waals surface area contributed by atoms with Gasteiger partial charge >= 0.3 is 0 Å². The first kappa shape index (κ1) is 30.8. The van der Waals surface area contributed by atoms with E-state index in [0.717, 1.165) is 22.5 Å². The van der Waals surface area contributed by atoms with Crippen LogP contribution in [0.5, 0.6) is 0 Å². The topological polar surface area (TPSA) is 25.8 Å². The van der Waals surface area contributed by atoms with Crippen molar-refractivity contribution in [1.82, 2.24) is 9.97 Å². The van der Waals surface area contributed by atoms with Gasteiger partial charge in [0.15, 0.2) is 8.07 Å². The first-order valence-electron chi connectivity index (χ1n) is 15.8. The molecule has 0 aliphatic rings. The highest BCUT2D eigenvalue weighted by molar-refractivity contribution is 7.20. The number of hydrogen-bond donors (Lipinski definition) is 0. The highest BCUT2D eigenvalue weighted by Crippen LogP contribution is 2.21. The van der Waals surface area contributed by atoms with E-state index in [1.807, 2.05) is 0 Å². The number of pyridine rings is 2. The van der Waals surface area contributed by atoms with Crippen molar-refractivity contribution >= 4 is 55.3 Å². The summed E-state index contributed by atoms with van der Waals surface area (Å²) in [5, 5.41) is 8.15. The van der Waals surface area contributed by atoms with E-state index in [0.29, 0.717) is 0 Å². The van der Waals surface area contributed by atoms with Crippen LogP contribution in [-0.4, -0.2) is 34.2 Å². The van der Waals surface area contributed by atoms with Gasteiger partial charge in [0.1, 0.15) is 0 Å². The maximum Gasteiger partial charge on any atom is 0.179 e. The zero-order valence-electron chi connectivity index (χ0n) is 27.3. The van der Waals surface area contributed by atoms with Crippen LogP contribution in [-0.2, 0) is 0 Å². The van der Waals surface area contributed by atoms with E-state index in [9.17, 15) is 0 Å². The Morgan fingerprint density at radius 2 is 0.733 bits per heavy atom. The molecule has 2 aromatic heterocycles. The van der Waals surface area contributed by atoms with Crippen LogP contribution in [0.3, 0.4) is 0 Å². The molecule has 2 nitrogen and oxygen atoms in total. The van der Waals surface area contributed by atoms with Crippen LogP contribution in [0.2, 0.25) is 39.3 Å². The fraction of sp³-hybridized carbons (Fsp3) is 0.150. The van der Waals surface area contributed by atoms with Gasteiger partial charge in [-0.2, -0.15) is 0 Å². The largest absolute Gasteiger partial charge is 0.256 e. The Morgan fingerprint density at radius 1 is 0.356 bits per heavy atom. The van der Waals surface area contributed by atoms with Crippen molar-refractivity contribution in [3.8, 4) is 22.5 Å². The minimum absolute atomic E-state index is 1.02. The van der Waals surface area contributed by atoms with Crippen LogP contribution in [0.25, 0.3) is 22.5 Å². The van der Waals surface area contributed by atoms with Gasteiger partial charge in [-0.15, -0.1) is 0 Å². The second-order valence-corrected chi connectivity index (χ2v) is 28.0. The van der Waals surface area contributed by atoms with E-state index in [1.54, 1.807) is 0 Å². The molecule has 0 atom stereocenters. The van der Waals surface area contributed by atoms with E-state index in [1.165, 1.54) is 31.1 Å². The van der Waals surface area contributed by atoms with E-state index >= 15 is 0 Å². The Kier molecular flexibility index (Phi) is 8.44. The van der Waals surface area contributed by atoms with Gasteiger partial charge in [0, 0.05) is 23.5 Å². The summed E-state index contributed by atoms with van der Waals surface area (Å²) in [5.74, 6) is 0. The standard InChI is InChI=1S/C40H42N2Si3/c1-43(2,3)37-23-25-39(41-29-37)31-15-13-21-35(27-31)45(33-17-9-7-10-18-33,34-19-11-8-12-20-34)36-22-14-16-32(28-36)40-26-24-38(30-42-40)44(4,5)6/h7-30H,1-6H3. The summed E-state index contributed by atoms with van der Waals surface area (Å²) in [5.41, 5.74) is 4.34. The van der Waals surface area contributed by atoms with E-state index in [-0.39, 0.29) is 0 Å². The van der Waals surface area contributed by atoms with Crippen LogP contribution < -0.4 is 31.1 Å². The Hall–Kier alpha value is -4.17. The van der Waals surface area contributed by atoms with E-state index < -0.39 is 24.2 Å². The van der Waals surface area contributed by atoms with Crippen molar-refractivity contribution in [1.29, 1.82) is 0 Å². The van der Waals surface area contributed by atoms with Gasteiger partial charge in [0.05, 0.1) is 27.5 Å². The molecule has 0 N–H and O–H groups in total. The molecule has 0 aliphatic heterocycles. The molecule has 0 spiro atoms. The lowest BCUT2D eigenvalue weighted by molar-refractivity contribution is 1.34. The lowest BCUT2D eigenvalue weighted by Gasteiger charge is -2.35. The van der Waals surface area contributed by atoms with Gasteiger partial charge in [-0.3, -0.25) is 9.97 Å². The zero-order chi connectivity index (χ0) is 31.7. The minimum Gasteiger partial charge on any atom is -0.256 e. The molecule has 45 heavy (non-hydrogen) atoms. The van der Waals surface area contributed by atoms with Crippen LogP contribution >= 0.6 is 0 Å². The van der Waals surface area contributed by atoms with Crippen molar-refractivity contribution in [3.05, 3.63) is 146 Å². The zero-order valence-corrected chi connectivity index (χ0v) is 30.3. The van der Waals surface area contributed by atoms with Crippen LogP contribution in [0, 0.1) is 0 Å². The van der Waals surface area contributed by atoms with Gasteiger partial charge in [0.2, 0.25) is 0 Å². The summed E-state index contributed by atoms with van der Waals surface area (Å²) in [4.78, 5) is 9.96. The first-order valence-corrected chi connectivity index (χ1v) is 24.8. The molecule has 6 aromatic rings. The Bertz CT molecular complexity index is 1750. The minimum atomic E-state index is -2.75. The smallest absolute Gasteiger partial charge is 0.179 e. The van der Waals surface area contributed by atoms with E-state index in [2.05, 4.69) is 185 Å². The van der Waals surface area contributed by atoms with Crippen molar-refractivity contribution in [2.24, 2.45) is 0 Å². The van der Waals surface area contributed by atoms with Crippen LogP contribution in [0.4, 0.5) is 0 Å². The predicted molar refractivity (Wildman–Crippen MR) is 202 cm³/mol. The maximum atomic E-state index is 4.98. The number of nitrogens with zero attached hydrogens (tertiary/aromatic N) is 2. The number of aromatic nitrogens is 2. The molecule has 0 fully saturated rings. The molecule has 2 heterocycles. The third kappa shape index (κ3) is 6.21. The highest BCUT2D eigenvalue weighted by atomic mass is 28.3. The maximum absolute atomic E-state index is 4.98. The average Bonchev–Trinajstić information content (AvgIpc) is 3.06. The summed E-state index contributed by atoms with van der Waals surface area (Å²) >= 11 is 0. The lowest BCUT2D eigenvalue weighted by atomic mass is 10.1. The molecule has 5 heteroatoms. The summed E-state index contributed by atoms with van der Waals surface area (Å²) in [7, 11) is -5.62. The van der Waals surface area contributed by atoms with Crippen molar-refractivity contribution < 1.29 is 0 Å². The highest BCUT2D eigenvalue weighted by Gasteiger charge is 2.41. The summed E-state index contributed by atoms with van der Waals surface area (Å²) in [6, 6.07) is 49.5. The molecule has 224 valence electrons. The average molecular weight is 635 g/mol. The van der Waals surface area contributed by atoms with Gasteiger partial charge in [-0.25, -0.2) is 0 Å². The predicted octanol–water partition coefficient (Wildman–Crippen LogP) is 6.28. The molecule has 0 bridgehead atoms. The van der Waals surface area contributed by atoms with Crippen LogP contribution in [0.15, 0.2) is 146 Å². The third-order valence-electron chi connectivity index (χ3n) is 8.86. The molecule has 6 rings (SSSR count). The molecule has 0 saturated carbocycles.